The summed E-state index contributed by atoms with van der Waals surface area (Å²) in [5.74, 6) is -0.603. The fraction of sp³-hybridized carbons (Fsp3) is 0.357. The van der Waals surface area contributed by atoms with Gasteiger partial charge in [0.05, 0.1) is 7.11 Å². The van der Waals surface area contributed by atoms with Crippen LogP contribution in [0.25, 0.3) is 10.1 Å². The van der Waals surface area contributed by atoms with E-state index in [-0.39, 0.29) is 9.77 Å². The Kier molecular flexibility index (Phi) is 3.73. The Bertz CT molecular complexity index is 788. The number of carbonyl (C=O) groups excluding carboxylic acids is 1. The summed E-state index contributed by atoms with van der Waals surface area (Å²) < 4.78 is 32.7. The van der Waals surface area contributed by atoms with Crippen LogP contribution >= 0.6 is 11.3 Å². The predicted molar refractivity (Wildman–Crippen MR) is 81.2 cm³/mol. The number of sulfonamides is 1. The van der Waals surface area contributed by atoms with E-state index in [9.17, 15) is 13.2 Å². The number of hydrogen-bond acceptors (Lipinski definition) is 5. The van der Waals surface area contributed by atoms with Gasteiger partial charge in [-0.3, -0.25) is 0 Å². The van der Waals surface area contributed by atoms with Crippen LogP contribution in [0, 0.1) is 0 Å². The fourth-order valence-electron chi connectivity index (χ4n) is 2.56. The van der Waals surface area contributed by atoms with Crippen molar-refractivity contribution in [3.63, 3.8) is 0 Å². The van der Waals surface area contributed by atoms with Gasteiger partial charge in [-0.15, -0.1) is 11.3 Å². The van der Waals surface area contributed by atoms with Crippen molar-refractivity contribution >= 4 is 37.4 Å². The van der Waals surface area contributed by atoms with Crippen molar-refractivity contribution in [2.75, 3.05) is 20.2 Å². The molecule has 0 spiro atoms. The summed E-state index contributed by atoms with van der Waals surface area (Å²) in [7, 11) is -2.40. The molecule has 0 amide bonds. The number of nitrogens with zero attached hydrogens (tertiary/aromatic N) is 1. The van der Waals surface area contributed by atoms with Gasteiger partial charge in [-0.1, -0.05) is 18.2 Å². The number of rotatable bonds is 3. The molecular weight excluding hydrogens is 310 g/mol. The molecule has 2 heterocycles. The molecule has 112 valence electrons. The third-order valence-electron chi connectivity index (χ3n) is 3.58. The maximum absolute atomic E-state index is 12.9. The number of ether oxygens (including phenoxy) is 1. The molecule has 0 atom stereocenters. The van der Waals surface area contributed by atoms with Crippen molar-refractivity contribution in [2.45, 2.75) is 17.7 Å². The van der Waals surface area contributed by atoms with Gasteiger partial charge in [0.1, 0.15) is 9.77 Å². The molecular formula is C14H15NO4S2. The van der Waals surface area contributed by atoms with E-state index in [1.165, 1.54) is 11.4 Å². The van der Waals surface area contributed by atoms with E-state index in [4.69, 9.17) is 4.74 Å². The minimum Gasteiger partial charge on any atom is -0.465 e. The minimum atomic E-state index is -3.66. The summed E-state index contributed by atoms with van der Waals surface area (Å²) in [6.45, 7) is 1.01. The van der Waals surface area contributed by atoms with Crippen LogP contribution in [-0.4, -0.2) is 38.9 Å². The SMILES string of the molecule is COC(=O)c1sc2ccccc2c1S(=O)(=O)N1CCCC1. The van der Waals surface area contributed by atoms with Gasteiger partial charge in [0.25, 0.3) is 0 Å². The molecule has 2 aromatic rings. The summed E-state index contributed by atoms with van der Waals surface area (Å²) >= 11 is 1.16. The molecule has 1 aromatic carbocycles. The first-order chi connectivity index (χ1) is 10.1. The van der Waals surface area contributed by atoms with E-state index in [2.05, 4.69) is 0 Å². The number of thiophene rings is 1. The second-order valence-electron chi connectivity index (χ2n) is 4.86. The Morgan fingerprint density at radius 2 is 1.90 bits per heavy atom. The van der Waals surface area contributed by atoms with Gasteiger partial charge < -0.3 is 4.74 Å². The molecule has 1 fully saturated rings. The maximum Gasteiger partial charge on any atom is 0.349 e. The van der Waals surface area contributed by atoms with E-state index in [0.717, 1.165) is 28.9 Å². The van der Waals surface area contributed by atoms with Crippen molar-refractivity contribution in [1.82, 2.24) is 4.31 Å². The van der Waals surface area contributed by atoms with Crippen LogP contribution in [0.3, 0.4) is 0 Å². The number of benzene rings is 1. The number of methoxy groups -OCH3 is 1. The van der Waals surface area contributed by atoms with Gasteiger partial charge in [0, 0.05) is 23.2 Å². The molecule has 7 heteroatoms. The molecule has 1 aromatic heterocycles. The molecule has 1 aliphatic rings. The van der Waals surface area contributed by atoms with Gasteiger partial charge in [-0.05, 0) is 18.9 Å². The van der Waals surface area contributed by atoms with Crippen molar-refractivity contribution < 1.29 is 17.9 Å². The van der Waals surface area contributed by atoms with Crippen LogP contribution in [0.15, 0.2) is 29.2 Å². The number of fused-ring (bicyclic) bond motifs is 1. The second kappa shape index (κ2) is 5.40. The molecule has 5 nitrogen and oxygen atoms in total. The number of hydrogen-bond donors (Lipinski definition) is 0. The van der Waals surface area contributed by atoms with E-state index >= 15 is 0 Å². The first kappa shape index (κ1) is 14.5. The van der Waals surface area contributed by atoms with Crippen molar-refractivity contribution in [3.8, 4) is 0 Å². The highest BCUT2D eigenvalue weighted by Crippen LogP contribution is 2.37. The average Bonchev–Trinajstić information content (AvgIpc) is 3.13. The highest BCUT2D eigenvalue weighted by molar-refractivity contribution is 7.89. The third-order valence-corrected chi connectivity index (χ3v) is 6.85. The van der Waals surface area contributed by atoms with Crippen LogP contribution in [-0.2, 0) is 14.8 Å². The van der Waals surface area contributed by atoms with Crippen LogP contribution in [0.1, 0.15) is 22.5 Å². The predicted octanol–water partition coefficient (Wildman–Crippen LogP) is 2.47. The van der Waals surface area contributed by atoms with Gasteiger partial charge in [-0.25, -0.2) is 13.2 Å². The summed E-state index contributed by atoms with van der Waals surface area (Å²) in [6.07, 6.45) is 1.71. The lowest BCUT2D eigenvalue weighted by atomic mass is 10.2. The summed E-state index contributed by atoms with van der Waals surface area (Å²) in [5, 5.41) is 0.592. The molecule has 0 N–H and O–H groups in total. The number of esters is 1. The van der Waals surface area contributed by atoms with Crippen molar-refractivity contribution in [1.29, 1.82) is 0 Å². The lowest BCUT2D eigenvalue weighted by Gasteiger charge is -2.15. The van der Waals surface area contributed by atoms with Gasteiger partial charge >= 0.3 is 5.97 Å². The molecule has 0 unspecified atom stereocenters. The van der Waals surface area contributed by atoms with E-state index in [1.807, 2.05) is 12.1 Å². The standard InChI is InChI=1S/C14H15NO4S2/c1-19-14(16)12-13(10-6-2-3-7-11(10)20-12)21(17,18)15-8-4-5-9-15/h2-3,6-7H,4-5,8-9H2,1H3. The quantitative estimate of drug-likeness (QED) is 0.813. The summed E-state index contributed by atoms with van der Waals surface area (Å²) in [6, 6.07) is 7.15. The van der Waals surface area contributed by atoms with Gasteiger partial charge in [0.2, 0.25) is 10.0 Å². The Hall–Kier alpha value is -1.44. The maximum atomic E-state index is 12.9. The average molecular weight is 325 g/mol. The Balaban J connectivity index is 2.26. The molecule has 1 aliphatic heterocycles. The van der Waals surface area contributed by atoms with E-state index in [1.54, 1.807) is 12.1 Å². The topological polar surface area (TPSA) is 63.7 Å². The smallest absolute Gasteiger partial charge is 0.349 e. The summed E-state index contributed by atoms with van der Waals surface area (Å²) in [5.41, 5.74) is 0. The van der Waals surface area contributed by atoms with E-state index in [0.29, 0.717) is 18.5 Å². The lowest BCUT2D eigenvalue weighted by Crippen LogP contribution is -2.28. The zero-order chi connectivity index (χ0) is 15.0. The molecule has 0 radical (unpaired) electrons. The number of carbonyl (C=O) groups is 1. The minimum absolute atomic E-state index is 0.0943. The first-order valence-corrected chi connectivity index (χ1v) is 8.91. The second-order valence-corrected chi connectivity index (χ2v) is 7.79. The summed E-state index contributed by atoms with van der Waals surface area (Å²) in [4.78, 5) is 12.2. The van der Waals surface area contributed by atoms with Crippen LogP contribution in [0.4, 0.5) is 0 Å². The lowest BCUT2D eigenvalue weighted by molar-refractivity contribution is 0.0602. The molecule has 3 rings (SSSR count). The zero-order valence-electron chi connectivity index (χ0n) is 11.5. The monoisotopic (exact) mass is 325 g/mol. The third kappa shape index (κ3) is 2.35. The van der Waals surface area contributed by atoms with Gasteiger partial charge in [-0.2, -0.15) is 4.31 Å². The Morgan fingerprint density at radius 3 is 2.57 bits per heavy atom. The van der Waals surface area contributed by atoms with Crippen LogP contribution in [0.2, 0.25) is 0 Å². The fourth-order valence-corrected chi connectivity index (χ4v) is 5.85. The molecule has 0 bridgehead atoms. The highest BCUT2D eigenvalue weighted by Gasteiger charge is 2.34. The van der Waals surface area contributed by atoms with Crippen LogP contribution < -0.4 is 0 Å². The molecule has 21 heavy (non-hydrogen) atoms. The molecule has 0 aliphatic carbocycles. The Morgan fingerprint density at radius 1 is 1.24 bits per heavy atom. The molecule has 1 saturated heterocycles. The normalized spacial score (nSPS) is 16.4. The molecule has 0 saturated carbocycles. The van der Waals surface area contributed by atoms with E-state index < -0.39 is 16.0 Å². The van der Waals surface area contributed by atoms with Crippen molar-refractivity contribution in [3.05, 3.63) is 29.1 Å². The first-order valence-electron chi connectivity index (χ1n) is 6.65. The largest absolute Gasteiger partial charge is 0.465 e. The van der Waals surface area contributed by atoms with Crippen LogP contribution in [0.5, 0.6) is 0 Å². The van der Waals surface area contributed by atoms with Gasteiger partial charge in [0.15, 0.2) is 0 Å². The van der Waals surface area contributed by atoms with Crippen molar-refractivity contribution in [2.24, 2.45) is 0 Å². The highest BCUT2D eigenvalue weighted by atomic mass is 32.2. The Labute approximate surface area is 127 Å². The zero-order valence-corrected chi connectivity index (χ0v) is 13.2.